The van der Waals surface area contributed by atoms with Crippen molar-refractivity contribution in [3.63, 3.8) is 0 Å². The van der Waals surface area contributed by atoms with E-state index in [1.165, 1.54) is 26.3 Å². The van der Waals surface area contributed by atoms with Gasteiger partial charge in [0.25, 0.3) is 10.2 Å². The van der Waals surface area contributed by atoms with Crippen LogP contribution in [0.25, 0.3) is 0 Å². The van der Waals surface area contributed by atoms with Crippen LogP contribution in [0.2, 0.25) is 0 Å². The molecule has 0 spiro atoms. The third-order valence-corrected chi connectivity index (χ3v) is 6.00. The smallest absolute Gasteiger partial charge is 0.304 e. The zero-order valence-corrected chi connectivity index (χ0v) is 12.0. The fraction of sp³-hybridized carbons (Fsp3) is 0.917. The lowest BCUT2D eigenvalue weighted by Gasteiger charge is -2.23. The van der Waals surface area contributed by atoms with Crippen LogP contribution in [-0.4, -0.2) is 43.9 Å². The van der Waals surface area contributed by atoms with Crippen LogP contribution in [0.1, 0.15) is 32.1 Å². The van der Waals surface area contributed by atoms with E-state index in [1.54, 1.807) is 0 Å². The maximum Gasteiger partial charge on any atom is 0.304 e. The monoisotopic (exact) mass is 290 g/mol. The summed E-state index contributed by atoms with van der Waals surface area (Å²) in [5.41, 5.74) is 0. The number of nitrogens with zero attached hydrogens (tertiary/aromatic N) is 1. The van der Waals surface area contributed by atoms with Crippen LogP contribution in [-0.2, 0) is 15.0 Å². The molecule has 0 aromatic carbocycles. The molecule has 0 aliphatic heterocycles. The molecule has 2 bridgehead atoms. The lowest BCUT2D eigenvalue weighted by atomic mass is 9.89. The van der Waals surface area contributed by atoms with Crippen molar-refractivity contribution in [1.29, 1.82) is 0 Å². The van der Waals surface area contributed by atoms with E-state index in [0.29, 0.717) is 18.4 Å². The lowest BCUT2D eigenvalue weighted by molar-refractivity contribution is -0.137. The first-order valence-electron chi connectivity index (χ1n) is 6.81. The van der Waals surface area contributed by atoms with Crippen molar-refractivity contribution in [2.75, 3.05) is 20.1 Å². The van der Waals surface area contributed by atoms with Crippen molar-refractivity contribution in [3.8, 4) is 0 Å². The molecule has 0 radical (unpaired) electrons. The quantitative estimate of drug-likeness (QED) is 0.721. The van der Waals surface area contributed by atoms with Crippen LogP contribution >= 0.6 is 0 Å². The second kappa shape index (κ2) is 5.76. The number of carbonyl (C=O) groups is 1. The predicted molar refractivity (Wildman–Crippen MR) is 70.7 cm³/mol. The maximum absolute atomic E-state index is 11.9. The molecule has 0 aromatic heterocycles. The van der Waals surface area contributed by atoms with E-state index in [4.69, 9.17) is 5.11 Å². The molecule has 19 heavy (non-hydrogen) atoms. The van der Waals surface area contributed by atoms with Crippen molar-refractivity contribution in [2.24, 2.45) is 17.8 Å². The van der Waals surface area contributed by atoms with Gasteiger partial charge < -0.3 is 5.11 Å². The molecule has 2 fully saturated rings. The molecular formula is C12H22N2O4S. The molecule has 2 N–H and O–H groups in total. The van der Waals surface area contributed by atoms with Crippen molar-refractivity contribution in [1.82, 2.24) is 9.03 Å². The number of aliphatic carboxylic acids is 1. The Kier molecular flexibility index (Phi) is 4.47. The van der Waals surface area contributed by atoms with Crippen LogP contribution in [0.4, 0.5) is 0 Å². The van der Waals surface area contributed by atoms with E-state index in [2.05, 4.69) is 4.72 Å². The Balaban J connectivity index is 1.79. The number of fused-ring (bicyclic) bond motifs is 2. The van der Waals surface area contributed by atoms with Crippen LogP contribution in [0.3, 0.4) is 0 Å². The Bertz CT molecular complexity index is 437. The second-order valence-corrected chi connectivity index (χ2v) is 7.62. The first kappa shape index (κ1) is 14.7. The Hall–Kier alpha value is -0.660. The molecule has 2 aliphatic carbocycles. The number of rotatable bonds is 7. The van der Waals surface area contributed by atoms with Gasteiger partial charge in [-0.3, -0.25) is 4.79 Å². The van der Waals surface area contributed by atoms with Crippen molar-refractivity contribution in [2.45, 2.75) is 32.1 Å². The van der Waals surface area contributed by atoms with Gasteiger partial charge in [0.05, 0.1) is 6.42 Å². The number of nitrogens with one attached hydrogen (secondary N) is 1. The summed E-state index contributed by atoms with van der Waals surface area (Å²) in [6.07, 6.45) is 4.73. The SMILES string of the molecule is CN(CCC(=O)O)S(=O)(=O)NCC1CC2CCC1C2. The molecule has 2 rings (SSSR count). The van der Waals surface area contributed by atoms with Gasteiger partial charge >= 0.3 is 5.97 Å². The van der Waals surface area contributed by atoms with Gasteiger partial charge in [0.1, 0.15) is 0 Å². The number of carboxylic acids is 1. The Morgan fingerprint density at radius 1 is 1.37 bits per heavy atom. The van der Waals surface area contributed by atoms with E-state index < -0.39 is 16.2 Å². The van der Waals surface area contributed by atoms with Gasteiger partial charge in [-0.2, -0.15) is 12.7 Å². The third kappa shape index (κ3) is 3.67. The highest BCUT2D eigenvalue weighted by Crippen LogP contribution is 2.47. The average molecular weight is 290 g/mol. The average Bonchev–Trinajstić information content (AvgIpc) is 2.95. The fourth-order valence-electron chi connectivity index (χ4n) is 3.32. The van der Waals surface area contributed by atoms with Gasteiger partial charge in [-0.15, -0.1) is 0 Å². The first-order chi connectivity index (χ1) is 8.88. The summed E-state index contributed by atoms with van der Waals surface area (Å²) in [6, 6.07) is 0. The summed E-state index contributed by atoms with van der Waals surface area (Å²) in [7, 11) is -2.13. The van der Waals surface area contributed by atoms with Crippen LogP contribution in [0.5, 0.6) is 0 Å². The van der Waals surface area contributed by atoms with Crippen LogP contribution in [0, 0.1) is 17.8 Å². The third-order valence-electron chi connectivity index (χ3n) is 4.46. The zero-order valence-electron chi connectivity index (χ0n) is 11.2. The highest BCUT2D eigenvalue weighted by molar-refractivity contribution is 7.87. The Morgan fingerprint density at radius 3 is 2.63 bits per heavy atom. The van der Waals surface area contributed by atoms with Crippen molar-refractivity contribution in [3.05, 3.63) is 0 Å². The van der Waals surface area contributed by atoms with Gasteiger partial charge in [0.15, 0.2) is 0 Å². The lowest BCUT2D eigenvalue weighted by Crippen LogP contribution is -2.41. The molecule has 7 heteroatoms. The topological polar surface area (TPSA) is 86.7 Å². The largest absolute Gasteiger partial charge is 0.481 e. The molecular weight excluding hydrogens is 268 g/mol. The highest BCUT2D eigenvalue weighted by atomic mass is 32.2. The second-order valence-electron chi connectivity index (χ2n) is 5.75. The van der Waals surface area contributed by atoms with Gasteiger partial charge in [0.2, 0.25) is 0 Å². The molecule has 110 valence electrons. The predicted octanol–water partition coefficient (Wildman–Crippen LogP) is 0.663. The summed E-state index contributed by atoms with van der Waals surface area (Å²) >= 11 is 0. The first-order valence-corrected chi connectivity index (χ1v) is 8.25. The van der Waals surface area contributed by atoms with E-state index >= 15 is 0 Å². The van der Waals surface area contributed by atoms with Crippen molar-refractivity contribution >= 4 is 16.2 Å². The number of carboxylic acid groups (broad SMARTS) is 1. The van der Waals surface area contributed by atoms with E-state index in [0.717, 1.165) is 16.6 Å². The Morgan fingerprint density at radius 2 is 2.11 bits per heavy atom. The molecule has 3 unspecified atom stereocenters. The number of hydrogen-bond donors (Lipinski definition) is 2. The Labute approximate surface area is 114 Å². The summed E-state index contributed by atoms with van der Waals surface area (Å²) in [6.45, 7) is 0.488. The van der Waals surface area contributed by atoms with Gasteiger partial charge in [-0.25, -0.2) is 4.72 Å². The van der Waals surface area contributed by atoms with Crippen LogP contribution in [0.15, 0.2) is 0 Å². The number of hydrogen-bond acceptors (Lipinski definition) is 3. The molecule has 2 saturated carbocycles. The highest BCUT2D eigenvalue weighted by Gasteiger charge is 2.39. The summed E-state index contributed by atoms with van der Waals surface area (Å²) < 4.78 is 27.5. The van der Waals surface area contributed by atoms with E-state index in [9.17, 15) is 13.2 Å². The summed E-state index contributed by atoms with van der Waals surface area (Å²) in [5.74, 6) is 0.942. The van der Waals surface area contributed by atoms with Gasteiger partial charge in [-0.05, 0) is 37.0 Å². The normalized spacial score (nSPS) is 30.1. The van der Waals surface area contributed by atoms with Gasteiger partial charge in [-0.1, -0.05) is 6.42 Å². The molecule has 0 amide bonds. The van der Waals surface area contributed by atoms with E-state index in [-0.39, 0.29) is 13.0 Å². The van der Waals surface area contributed by atoms with Crippen molar-refractivity contribution < 1.29 is 18.3 Å². The molecule has 3 atom stereocenters. The summed E-state index contributed by atoms with van der Waals surface area (Å²) in [4.78, 5) is 10.4. The minimum atomic E-state index is -3.54. The molecule has 0 heterocycles. The molecule has 0 aromatic rings. The van der Waals surface area contributed by atoms with E-state index in [1.807, 2.05) is 0 Å². The summed E-state index contributed by atoms with van der Waals surface area (Å²) in [5, 5.41) is 8.56. The fourth-order valence-corrected chi connectivity index (χ4v) is 4.30. The zero-order chi connectivity index (χ0) is 14.0. The standard InChI is InChI=1S/C12H22N2O4S/c1-14(5-4-12(15)16)19(17,18)13-8-11-7-9-2-3-10(11)6-9/h9-11,13H,2-8H2,1H3,(H,15,16). The van der Waals surface area contributed by atoms with Crippen LogP contribution < -0.4 is 4.72 Å². The minimum Gasteiger partial charge on any atom is -0.481 e. The maximum atomic E-state index is 11.9. The minimum absolute atomic E-state index is 0.00138. The molecule has 2 aliphatic rings. The molecule has 6 nitrogen and oxygen atoms in total. The van der Waals surface area contributed by atoms with Gasteiger partial charge in [0, 0.05) is 20.1 Å². The molecule has 0 saturated heterocycles.